The SMILES string of the molecule is O=C(COc1ccccc1Br)NN=Cc1ccc(Br)cc1. The number of carbonyl (C=O) groups excluding carboxylic acids is 1. The third kappa shape index (κ3) is 5.32. The fraction of sp³-hybridized carbons (Fsp3) is 0.0667. The third-order valence-corrected chi connectivity index (χ3v) is 3.65. The Morgan fingerprint density at radius 3 is 2.57 bits per heavy atom. The van der Waals surface area contributed by atoms with E-state index in [1.165, 1.54) is 0 Å². The number of amides is 1. The molecule has 0 spiro atoms. The number of benzene rings is 2. The maximum atomic E-state index is 11.6. The highest BCUT2D eigenvalue weighted by atomic mass is 79.9. The highest BCUT2D eigenvalue weighted by molar-refractivity contribution is 9.10. The zero-order valence-electron chi connectivity index (χ0n) is 10.9. The van der Waals surface area contributed by atoms with Crippen LogP contribution >= 0.6 is 31.9 Å². The molecule has 4 nitrogen and oxygen atoms in total. The van der Waals surface area contributed by atoms with Gasteiger partial charge in [-0.05, 0) is 45.8 Å². The summed E-state index contributed by atoms with van der Waals surface area (Å²) in [5.74, 6) is 0.295. The summed E-state index contributed by atoms with van der Waals surface area (Å²) in [6.07, 6.45) is 1.57. The van der Waals surface area contributed by atoms with E-state index in [4.69, 9.17) is 4.74 Å². The molecule has 1 N–H and O–H groups in total. The topological polar surface area (TPSA) is 50.7 Å². The first-order valence-electron chi connectivity index (χ1n) is 6.10. The molecule has 0 saturated carbocycles. The normalized spacial score (nSPS) is 10.6. The number of carbonyl (C=O) groups is 1. The maximum absolute atomic E-state index is 11.6. The van der Waals surface area contributed by atoms with Crippen molar-refractivity contribution in [2.75, 3.05) is 6.61 Å². The Kier molecular flexibility index (Phi) is 5.95. The van der Waals surface area contributed by atoms with Crippen LogP contribution in [0.25, 0.3) is 0 Å². The molecule has 0 heterocycles. The number of nitrogens with zero attached hydrogens (tertiary/aromatic N) is 1. The lowest BCUT2D eigenvalue weighted by Crippen LogP contribution is -2.24. The minimum absolute atomic E-state index is 0.0969. The molecule has 2 rings (SSSR count). The highest BCUT2D eigenvalue weighted by Crippen LogP contribution is 2.23. The lowest BCUT2D eigenvalue weighted by molar-refractivity contribution is -0.123. The zero-order chi connectivity index (χ0) is 15.1. The van der Waals surface area contributed by atoms with Crippen LogP contribution in [0.5, 0.6) is 5.75 Å². The van der Waals surface area contributed by atoms with Crippen molar-refractivity contribution >= 4 is 44.0 Å². The second-order valence-corrected chi connectivity index (χ2v) is 5.83. The number of hydrazone groups is 1. The Morgan fingerprint density at radius 1 is 1.14 bits per heavy atom. The summed E-state index contributed by atoms with van der Waals surface area (Å²) in [6.45, 7) is -0.0969. The minimum Gasteiger partial charge on any atom is -0.483 e. The molecule has 0 bridgehead atoms. The van der Waals surface area contributed by atoms with Crippen LogP contribution in [-0.2, 0) is 4.79 Å². The van der Waals surface area contributed by atoms with E-state index in [0.717, 1.165) is 14.5 Å². The molecule has 0 unspecified atom stereocenters. The zero-order valence-corrected chi connectivity index (χ0v) is 14.1. The number of para-hydroxylation sites is 1. The molecule has 0 aliphatic heterocycles. The van der Waals surface area contributed by atoms with Gasteiger partial charge in [-0.3, -0.25) is 4.79 Å². The van der Waals surface area contributed by atoms with Crippen molar-refractivity contribution in [2.24, 2.45) is 5.10 Å². The van der Waals surface area contributed by atoms with Crippen molar-refractivity contribution in [1.29, 1.82) is 0 Å². The van der Waals surface area contributed by atoms with E-state index in [1.54, 1.807) is 12.3 Å². The summed E-state index contributed by atoms with van der Waals surface area (Å²) in [4.78, 5) is 11.6. The summed E-state index contributed by atoms with van der Waals surface area (Å²) >= 11 is 6.70. The van der Waals surface area contributed by atoms with Crippen LogP contribution in [0.4, 0.5) is 0 Å². The van der Waals surface area contributed by atoms with Gasteiger partial charge in [0, 0.05) is 4.47 Å². The van der Waals surface area contributed by atoms with Gasteiger partial charge >= 0.3 is 0 Å². The largest absolute Gasteiger partial charge is 0.483 e. The first kappa shape index (κ1) is 15.7. The van der Waals surface area contributed by atoms with Gasteiger partial charge in [0.05, 0.1) is 10.7 Å². The average molecular weight is 412 g/mol. The van der Waals surface area contributed by atoms with Gasteiger partial charge in [0.15, 0.2) is 6.61 Å². The Morgan fingerprint density at radius 2 is 1.86 bits per heavy atom. The molecule has 0 fully saturated rings. The van der Waals surface area contributed by atoms with E-state index in [-0.39, 0.29) is 12.5 Å². The Hall–Kier alpha value is -1.66. The van der Waals surface area contributed by atoms with Crippen molar-refractivity contribution in [3.8, 4) is 5.75 Å². The van der Waals surface area contributed by atoms with Crippen molar-refractivity contribution in [1.82, 2.24) is 5.43 Å². The lowest BCUT2D eigenvalue weighted by atomic mass is 10.2. The van der Waals surface area contributed by atoms with Crippen molar-refractivity contribution in [3.63, 3.8) is 0 Å². The van der Waals surface area contributed by atoms with E-state index < -0.39 is 0 Å². The van der Waals surface area contributed by atoms with Crippen LogP contribution in [-0.4, -0.2) is 18.7 Å². The Balaban J connectivity index is 1.80. The van der Waals surface area contributed by atoms with Crippen molar-refractivity contribution in [3.05, 3.63) is 63.0 Å². The monoisotopic (exact) mass is 410 g/mol. The predicted molar refractivity (Wildman–Crippen MR) is 89.5 cm³/mol. The summed E-state index contributed by atoms with van der Waals surface area (Å²) < 4.78 is 7.17. The molecular formula is C15H12Br2N2O2. The summed E-state index contributed by atoms with van der Waals surface area (Å²) in [7, 11) is 0. The molecule has 2 aromatic carbocycles. The van der Waals surface area contributed by atoms with Crippen LogP contribution in [0.2, 0.25) is 0 Å². The molecule has 0 radical (unpaired) electrons. The van der Waals surface area contributed by atoms with Gasteiger partial charge in [0.1, 0.15) is 5.75 Å². The van der Waals surface area contributed by atoms with Gasteiger partial charge in [-0.15, -0.1) is 0 Å². The second kappa shape index (κ2) is 7.95. The Bertz CT molecular complexity index is 642. The third-order valence-electron chi connectivity index (χ3n) is 2.47. The molecule has 0 aliphatic rings. The molecule has 108 valence electrons. The fourth-order valence-electron chi connectivity index (χ4n) is 1.47. The average Bonchev–Trinajstić information content (AvgIpc) is 2.48. The van der Waals surface area contributed by atoms with E-state index in [9.17, 15) is 4.79 Å². The first-order valence-corrected chi connectivity index (χ1v) is 7.68. The number of nitrogens with one attached hydrogen (secondary N) is 1. The van der Waals surface area contributed by atoms with E-state index in [2.05, 4.69) is 42.4 Å². The molecular weight excluding hydrogens is 400 g/mol. The minimum atomic E-state index is -0.320. The van der Waals surface area contributed by atoms with E-state index >= 15 is 0 Å². The number of rotatable bonds is 5. The van der Waals surface area contributed by atoms with Gasteiger partial charge in [-0.25, -0.2) is 5.43 Å². The smallest absolute Gasteiger partial charge is 0.277 e. The molecule has 21 heavy (non-hydrogen) atoms. The van der Waals surface area contributed by atoms with Gasteiger partial charge < -0.3 is 4.74 Å². The summed E-state index contributed by atoms with van der Waals surface area (Å²) in [5, 5.41) is 3.87. The quantitative estimate of drug-likeness (QED) is 0.601. The summed E-state index contributed by atoms with van der Waals surface area (Å²) in [6, 6.07) is 14.9. The standard InChI is InChI=1S/C15H12Br2N2O2/c16-12-7-5-11(6-8-12)9-18-19-15(20)10-21-14-4-2-1-3-13(14)17/h1-9H,10H2,(H,19,20). The molecule has 0 aliphatic carbocycles. The fourth-order valence-corrected chi connectivity index (χ4v) is 2.13. The van der Waals surface area contributed by atoms with Crippen LogP contribution < -0.4 is 10.2 Å². The van der Waals surface area contributed by atoms with Crippen molar-refractivity contribution < 1.29 is 9.53 Å². The predicted octanol–water partition coefficient (Wildman–Crippen LogP) is 3.74. The molecule has 0 saturated heterocycles. The van der Waals surface area contributed by atoms with Crippen LogP contribution in [0.1, 0.15) is 5.56 Å². The second-order valence-electron chi connectivity index (χ2n) is 4.06. The number of halogens is 2. The first-order chi connectivity index (χ1) is 10.1. The Labute approximate surface area is 139 Å². The van der Waals surface area contributed by atoms with Crippen LogP contribution in [0.15, 0.2) is 62.6 Å². The van der Waals surface area contributed by atoms with Gasteiger partial charge in [-0.2, -0.15) is 5.10 Å². The van der Waals surface area contributed by atoms with Gasteiger partial charge in [0.25, 0.3) is 5.91 Å². The van der Waals surface area contributed by atoms with E-state index in [0.29, 0.717) is 5.75 Å². The number of ether oxygens (including phenoxy) is 1. The molecule has 0 atom stereocenters. The summed E-state index contributed by atoms with van der Waals surface area (Å²) in [5.41, 5.74) is 3.31. The molecule has 6 heteroatoms. The molecule has 2 aromatic rings. The lowest BCUT2D eigenvalue weighted by Gasteiger charge is -2.06. The van der Waals surface area contributed by atoms with E-state index in [1.807, 2.05) is 42.5 Å². The highest BCUT2D eigenvalue weighted by Gasteiger charge is 2.03. The van der Waals surface area contributed by atoms with Crippen LogP contribution in [0, 0.1) is 0 Å². The van der Waals surface area contributed by atoms with Crippen molar-refractivity contribution in [2.45, 2.75) is 0 Å². The molecule has 0 aromatic heterocycles. The van der Waals surface area contributed by atoms with Crippen LogP contribution in [0.3, 0.4) is 0 Å². The maximum Gasteiger partial charge on any atom is 0.277 e. The molecule has 1 amide bonds. The number of hydrogen-bond acceptors (Lipinski definition) is 3. The van der Waals surface area contributed by atoms with Gasteiger partial charge in [-0.1, -0.05) is 40.2 Å². The van der Waals surface area contributed by atoms with Gasteiger partial charge in [0.2, 0.25) is 0 Å². The number of hydrogen-bond donors (Lipinski definition) is 1.